The Morgan fingerprint density at radius 2 is 2.00 bits per heavy atom. The second-order valence-corrected chi connectivity index (χ2v) is 7.34. The topological polar surface area (TPSA) is 61.6 Å². The first-order valence-corrected chi connectivity index (χ1v) is 9.13. The number of aromatic nitrogens is 1. The van der Waals surface area contributed by atoms with Crippen LogP contribution in [-0.4, -0.2) is 23.3 Å². The van der Waals surface area contributed by atoms with Gasteiger partial charge in [-0.1, -0.05) is 23.4 Å². The predicted octanol–water partition coefficient (Wildman–Crippen LogP) is 5.95. The Labute approximate surface area is 166 Å². The first-order chi connectivity index (χ1) is 13.2. The van der Waals surface area contributed by atoms with Gasteiger partial charge in [-0.25, -0.2) is 4.98 Å². The number of hydrogen-bond acceptors (Lipinski definition) is 6. The summed E-state index contributed by atoms with van der Waals surface area (Å²) in [4.78, 5) is 15.8. The van der Waals surface area contributed by atoms with Gasteiger partial charge in [0.2, 0.25) is 0 Å². The van der Waals surface area contributed by atoms with Crippen molar-refractivity contribution in [1.29, 1.82) is 0 Å². The van der Waals surface area contributed by atoms with E-state index in [-0.39, 0.29) is 16.0 Å². The fourth-order valence-electron chi connectivity index (χ4n) is 2.25. The summed E-state index contributed by atoms with van der Waals surface area (Å²) in [6.45, 7) is 1.66. The molecule has 0 amide bonds. The number of thioether (sulfide) groups is 1. The first-order valence-electron chi connectivity index (χ1n) is 7.87. The molecule has 0 bridgehead atoms. The highest BCUT2D eigenvalue weighted by Gasteiger charge is 2.31. The molecule has 10 heteroatoms. The van der Waals surface area contributed by atoms with E-state index in [4.69, 9.17) is 20.8 Å². The first kappa shape index (κ1) is 20.3. The molecular weight excluding hydrogens is 419 g/mol. The van der Waals surface area contributed by atoms with Gasteiger partial charge in [0.1, 0.15) is 22.3 Å². The summed E-state index contributed by atoms with van der Waals surface area (Å²) in [7, 11) is 1.29. The van der Waals surface area contributed by atoms with Crippen LogP contribution in [0, 0.1) is 0 Å². The van der Waals surface area contributed by atoms with E-state index in [1.165, 1.54) is 7.11 Å². The Kier molecular flexibility index (Phi) is 5.76. The van der Waals surface area contributed by atoms with E-state index in [2.05, 4.69) is 9.72 Å². The lowest BCUT2D eigenvalue weighted by molar-refractivity contribution is -0.139. The van der Waals surface area contributed by atoms with E-state index in [1.54, 1.807) is 25.1 Å². The van der Waals surface area contributed by atoms with Crippen molar-refractivity contribution in [2.24, 2.45) is 0 Å². The van der Waals surface area contributed by atoms with Crippen molar-refractivity contribution in [1.82, 2.24) is 4.98 Å². The van der Waals surface area contributed by atoms with Crippen molar-refractivity contribution in [2.75, 3.05) is 7.11 Å². The van der Waals surface area contributed by atoms with Crippen molar-refractivity contribution >= 4 is 40.4 Å². The van der Waals surface area contributed by atoms with Crippen molar-refractivity contribution in [3.05, 3.63) is 47.0 Å². The van der Waals surface area contributed by atoms with Crippen LogP contribution in [0.3, 0.4) is 0 Å². The van der Waals surface area contributed by atoms with Crippen molar-refractivity contribution in [2.45, 2.75) is 23.6 Å². The largest absolute Gasteiger partial charge is 0.468 e. The Bertz CT molecular complexity index is 1020. The zero-order valence-corrected chi connectivity index (χ0v) is 16.1. The van der Waals surface area contributed by atoms with E-state index >= 15 is 0 Å². The number of carbonyl (C=O) groups excluding carboxylic acids is 1. The molecule has 1 aromatic heterocycles. The van der Waals surface area contributed by atoms with Gasteiger partial charge in [0, 0.05) is 6.07 Å². The molecule has 0 aliphatic heterocycles. The molecule has 3 rings (SSSR count). The smallest absolute Gasteiger partial charge is 0.416 e. The van der Waals surface area contributed by atoms with Crippen LogP contribution < -0.4 is 4.74 Å². The van der Waals surface area contributed by atoms with Crippen LogP contribution in [0.25, 0.3) is 11.1 Å². The molecule has 1 heterocycles. The van der Waals surface area contributed by atoms with E-state index in [1.807, 2.05) is 0 Å². The molecule has 0 saturated carbocycles. The van der Waals surface area contributed by atoms with Crippen LogP contribution in [-0.2, 0) is 15.7 Å². The second-order valence-electron chi connectivity index (χ2n) is 5.64. The van der Waals surface area contributed by atoms with Crippen LogP contribution in [0.5, 0.6) is 11.5 Å². The summed E-state index contributed by atoms with van der Waals surface area (Å²) < 4.78 is 53.9. The summed E-state index contributed by atoms with van der Waals surface area (Å²) in [6.07, 6.45) is -4.49. The van der Waals surface area contributed by atoms with E-state index < -0.39 is 23.0 Å². The summed E-state index contributed by atoms with van der Waals surface area (Å²) in [6, 6.07) is 7.56. The van der Waals surface area contributed by atoms with Gasteiger partial charge in [0.05, 0.1) is 17.7 Å². The van der Waals surface area contributed by atoms with Gasteiger partial charge < -0.3 is 13.9 Å². The minimum absolute atomic E-state index is 0.0754. The molecule has 1 unspecified atom stereocenters. The Balaban J connectivity index is 1.80. The SMILES string of the molecule is COC(=O)C(C)Sc1nc2cc(Oc3ccc(C(F)(F)F)cc3Cl)ccc2o1. The maximum atomic E-state index is 12.7. The van der Waals surface area contributed by atoms with Gasteiger partial charge in [-0.2, -0.15) is 13.2 Å². The average molecular weight is 432 g/mol. The molecule has 0 saturated heterocycles. The van der Waals surface area contributed by atoms with Gasteiger partial charge in [-0.15, -0.1) is 0 Å². The van der Waals surface area contributed by atoms with E-state index in [0.29, 0.717) is 16.8 Å². The predicted molar refractivity (Wildman–Crippen MR) is 97.9 cm³/mol. The van der Waals surface area contributed by atoms with Crippen molar-refractivity contribution in [3.8, 4) is 11.5 Å². The quantitative estimate of drug-likeness (QED) is 0.367. The van der Waals surface area contributed by atoms with Crippen molar-refractivity contribution in [3.63, 3.8) is 0 Å². The molecule has 0 aliphatic rings. The zero-order valence-electron chi connectivity index (χ0n) is 14.5. The number of esters is 1. The molecule has 0 radical (unpaired) electrons. The maximum absolute atomic E-state index is 12.7. The third kappa shape index (κ3) is 4.53. The molecule has 5 nitrogen and oxygen atoms in total. The normalized spacial score (nSPS) is 12.8. The molecular formula is C18H13ClF3NO4S. The second kappa shape index (κ2) is 7.92. The van der Waals surface area contributed by atoms with Crippen molar-refractivity contribution < 1.29 is 31.9 Å². The van der Waals surface area contributed by atoms with Crippen LogP contribution >= 0.6 is 23.4 Å². The molecule has 148 valence electrons. The molecule has 2 aromatic carbocycles. The van der Waals surface area contributed by atoms with Gasteiger partial charge in [-0.3, -0.25) is 4.79 Å². The Hall–Kier alpha value is -2.39. The Morgan fingerprint density at radius 1 is 1.25 bits per heavy atom. The number of alkyl halides is 3. The molecule has 0 N–H and O–H groups in total. The minimum atomic E-state index is -4.49. The number of rotatable bonds is 5. The molecule has 1 atom stereocenters. The van der Waals surface area contributed by atoms with Crippen LogP contribution in [0.15, 0.2) is 46.0 Å². The maximum Gasteiger partial charge on any atom is 0.416 e. The third-order valence-corrected chi connectivity index (χ3v) is 4.85. The number of nitrogens with zero attached hydrogens (tertiary/aromatic N) is 1. The minimum Gasteiger partial charge on any atom is -0.468 e. The van der Waals surface area contributed by atoms with Gasteiger partial charge in [0.25, 0.3) is 5.22 Å². The molecule has 0 fully saturated rings. The Morgan fingerprint density at radius 3 is 2.64 bits per heavy atom. The standard InChI is InChI=1S/C18H13ClF3NO4S/c1-9(16(24)25-2)28-17-23-13-8-11(4-6-15(13)27-17)26-14-5-3-10(7-12(14)19)18(20,21)22/h3-9H,1-2H3. The number of fused-ring (bicyclic) bond motifs is 1. The fourth-order valence-corrected chi connectivity index (χ4v) is 3.26. The summed E-state index contributed by atoms with van der Waals surface area (Å²) in [5, 5.41) is -0.393. The molecule has 28 heavy (non-hydrogen) atoms. The van der Waals surface area contributed by atoms with Crippen LogP contribution in [0.1, 0.15) is 12.5 Å². The zero-order chi connectivity index (χ0) is 20.5. The lowest BCUT2D eigenvalue weighted by Crippen LogP contribution is -2.14. The average Bonchev–Trinajstić information content (AvgIpc) is 3.03. The van der Waals surface area contributed by atoms with Crippen LogP contribution in [0.2, 0.25) is 5.02 Å². The summed E-state index contributed by atoms with van der Waals surface area (Å²) in [5.41, 5.74) is 0.0590. The highest BCUT2D eigenvalue weighted by atomic mass is 35.5. The number of oxazole rings is 1. The van der Waals surface area contributed by atoms with Gasteiger partial charge in [-0.05, 0) is 37.3 Å². The number of ether oxygens (including phenoxy) is 2. The lowest BCUT2D eigenvalue weighted by Gasteiger charge is -2.11. The van der Waals surface area contributed by atoms with E-state index in [9.17, 15) is 18.0 Å². The summed E-state index contributed by atoms with van der Waals surface area (Å²) in [5.74, 6) is -0.0142. The van der Waals surface area contributed by atoms with Gasteiger partial charge in [0.15, 0.2) is 5.58 Å². The number of methoxy groups -OCH3 is 1. The number of hydrogen-bond donors (Lipinski definition) is 0. The number of benzene rings is 2. The van der Waals surface area contributed by atoms with E-state index in [0.717, 1.165) is 30.0 Å². The molecule has 0 aliphatic carbocycles. The highest BCUT2D eigenvalue weighted by Crippen LogP contribution is 2.37. The third-order valence-electron chi connectivity index (χ3n) is 3.64. The molecule has 0 spiro atoms. The lowest BCUT2D eigenvalue weighted by atomic mass is 10.2. The summed E-state index contributed by atoms with van der Waals surface area (Å²) >= 11 is 7.00. The monoisotopic (exact) mass is 431 g/mol. The molecule has 3 aromatic rings. The number of halogens is 4. The highest BCUT2D eigenvalue weighted by molar-refractivity contribution is 8.00. The number of carbonyl (C=O) groups is 1. The van der Waals surface area contributed by atoms with Crippen LogP contribution in [0.4, 0.5) is 13.2 Å². The van der Waals surface area contributed by atoms with Gasteiger partial charge >= 0.3 is 12.1 Å². The fraction of sp³-hybridized carbons (Fsp3) is 0.222.